The van der Waals surface area contributed by atoms with Crippen LogP contribution >= 0.6 is 11.5 Å². The van der Waals surface area contributed by atoms with Crippen LogP contribution in [0.15, 0.2) is 23.0 Å². The SMILES string of the molecule is O=C(NC1CCCCC1)c1nnsc1NC(=O)N1C[C@@H]2C[C@H](C1)c1cccc(=O)n1C2. The number of anilines is 1. The van der Waals surface area contributed by atoms with E-state index in [1.165, 1.54) is 6.42 Å². The molecule has 2 bridgehead atoms. The molecule has 2 aromatic rings. The van der Waals surface area contributed by atoms with Crippen LogP contribution in [0.25, 0.3) is 0 Å². The average Bonchev–Trinajstić information content (AvgIpc) is 3.23. The van der Waals surface area contributed by atoms with Crippen LogP contribution in [0.1, 0.15) is 60.6 Å². The molecule has 0 radical (unpaired) electrons. The van der Waals surface area contributed by atoms with Gasteiger partial charge in [-0.3, -0.25) is 14.9 Å². The second-order valence-corrected chi connectivity index (χ2v) is 9.55. The second kappa shape index (κ2) is 8.41. The molecular weight excluding hydrogens is 416 g/mol. The van der Waals surface area contributed by atoms with E-state index in [1.807, 2.05) is 10.6 Å². The lowest BCUT2D eigenvalue weighted by molar-refractivity contribution is 0.0923. The first-order valence-corrected chi connectivity index (χ1v) is 11.7. The van der Waals surface area contributed by atoms with Gasteiger partial charge in [-0.05, 0) is 31.2 Å². The third-order valence-electron chi connectivity index (χ3n) is 6.63. The van der Waals surface area contributed by atoms with Gasteiger partial charge in [-0.1, -0.05) is 29.8 Å². The number of amides is 3. The highest BCUT2D eigenvalue weighted by atomic mass is 32.1. The van der Waals surface area contributed by atoms with Gasteiger partial charge < -0.3 is 14.8 Å². The molecule has 3 aliphatic rings. The first-order valence-electron chi connectivity index (χ1n) is 11.0. The number of hydrogen-bond acceptors (Lipinski definition) is 6. The Morgan fingerprint density at radius 3 is 2.77 bits per heavy atom. The molecule has 2 aromatic heterocycles. The van der Waals surface area contributed by atoms with Crippen molar-refractivity contribution in [1.82, 2.24) is 24.4 Å². The van der Waals surface area contributed by atoms with Gasteiger partial charge in [-0.2, -0.15) is 0 Å². The number of rotatable bonds is 3. The maximum absolute atomic E-state index is 13.0. The predicted molar refractivity (Wildman–Crippen MR) is 116 cm³/mol. The molecule has 2 aliphatic heterocycles. The Kier molecular flexibility index (Phi) is 5.47. The Morgan fingerprint density at radius 2 is 1.94 bits per heavy atom. The molecule has 5 rings (SSSR count). The molecule has 1 saturated heterocycles. The standard InChI is InChI=1S/C21H26N6O3S/c28-17-8-4-7-16-14-9-13(11-27(16)17)10-26(12-14)21(30)23-20-18(24-25-31-20)19(29)22-15-5-2-1-3-6-15/h4,7-8,13-15H,1-3,5-6,9-12H2,(H,22,29)(H,23,30)/t13-,14+/m0/s1. The highest BCUT2D eigenvalue weighted by molar-refractivity contribution is 7.10. The highest BCUT2D eigenvalue weighted by Crippen LogP contribution is 2.35. The summed E-state index contributed by atoms with van der Waals surface area (Å²) in [6.45, 7) is 1.76. The lowest BCUT2D eigenvalue weighted by atomic mass is 9.83. The number of nitrogens with zero attached hydrogens (tertiary/aromatic N) is 4. The average molecular weight is 443 g/mol. The molecule has 9 nitrogen and oxygen atoms in total. The van der Waals surface area contributed by atoms with Crippen molar-refractivity contribution in [2.24, 2.45) is 5.92 Å². The normalized spacial score (nSPS) is 23.2. The number of piperidine rings is 1. The third-order valence-corrected chi connectivity index (χ3v) is 7.27. The summed E-state index contributed by atoms with van der Waals surface area (Å²) < 4.78 is 5.73. The minimum atomic E-state index is -0.278. The largest absolute Gasteiger partial charge is 0.348 e. The number of aromatic nitrogens is 3. The molecule has 2 atom stereocenters. The fourth-order valence-electron chi connectivity index (χ4n) is 5.16. The number of likely N-dealkylation sites (tertiary alicyclic amines) is 1. The Balaban J connectivity index is 1.26. The molecule has 2 N–H and O–H groups in total. The fourth-order valence-corrected chi connectivity index (χ4v) is 5.72. The zero-order valence-corrected chi connectivity index (χ0v) is 18.1. The van der Waals surface area contributed by atoms with Gasteiger partial charge in [0.25, 0.3) is 11.5 Å². The van der Waals surface area contributed by atoms with E-state index in [9.17, 15) is 14.4 Å². The van der Waals surface area contributed by atoms with Crippen LogP contribution in [0.4, 0.5) is 9.80 Å². The van der Waals surface area contributed by atoms with Gasteiger partial charge in [-0.25, -0.2) is 4.79 Å². The number of pyridine rings is 1. The minimum Gasteiger partial charge on any atom is -0.348 e. The summed E-state index contributed by atoms with van der Waals surface area (Å²) in [6.07, 6.45) is 6.39. The van der Waals surface area contributed by atoms with E-state index in [0.717, 1.165) is 49.3 Å². The van der Waals surface area contributed by atoms with Crippen molar-refractivity contribution in [2.45, 2.75) is 57.0 Å². The van der Waals surface area contributed by atoms with Gasteiger partial charge in [0.05, 0.1) is 0 Å². The quantitative estimate of drug-likeness (QED) is 0.759. The summed E-state index contributed by atoms with van der Waals surface area (Å²) in [5.41, 5.74) is 1.20. The molecule has 31 heavy (non-hydrogen) atoms. The number of carbonyl (C=O) groups is 2. The van der Waals surface area contributed by atoms with Gasteiger partial charge in [0.15, 0.2) is 10.7 Å². The third kappa shape index (κ3) is 4.08. The monoisotopic (exact) mass is 442 g/mol. The molecule has 1 saturated carbocycles. The first kappa shape index (κ1) is 20.2. The maximum atomic E-state index is 13.0. The van der Waals surface area contributed by atoms with Gasteiger partial charge in [0.2, 0.25) is 0 Å². The van der Waals surface area contributed by atoms with Gasteiger partial charge in [-0.15, -0.1) is 5.10 Å². The van der Waals surface area contributed by atoms with E-state index in [2.05, 4.69) is 20.2 Å². The summed E-state index contributed by atoms with van der Waals surface area (Å²) in [5.74, 6) is 0.103. The van der Waals surface area contributed by atoms with Crippen LogP contribution in [0.2, 0.25) is 0 Å². The van der Waals surface area contributed by atoms with Gasteiger partial charge in [0, 0.05) is 54.9 Å². The molecule has 0 spiro atoms. The van der Waals surface area contributed by atoms with Crippen molar-refractivity contribution < 1.29 is 9.59 Å². The number of nitrogens with one attached hydrogen (secondary N) is 2. The molecule has 0 unspecified atom stereocenters. The number of urea groups is 1. The maximum Gasteiger partial charge on any atom is 0.322 e. The smallest absolute Gasteiger partial charge is 0.322 e. The number of hydrogen-bond donors (Lipinski definition) is 2. The zero-order chi connectivity index (χ0) is 21.4. The molecule has 1 aliphatic carbocycles. The molecule has 10 heteroatoms. The lowest BCUT2D eigenvalue weighted by Gasteiger charge is -2.42. The van der Waals surface area contributed by atoms with E-state index < -0.39 is 0 Å². The van der Waals surface area contributed by atoms with E-state index in [-0.39, 0.29) is 41.1 Å². The Bertz CT molecular complexity index is 1040. The van der Waals surface area contributed by atoms with Gasteiger partial charge >= 0.3 is 6.03 Å². The van der Waals surface area contributed by atoms with Crippen LogP contribution in [-0.2, 0) is 6.54 Å². The Hall–Kier alpha value is -2.75. The molecule has 2 fully saturated rings. The van der Waals surface area contributed by atoms with Gasteiger partial charge in [0.1, 0.15) is 0 Å². The molecule has 4 heterocycles. The molecule has 164 valence electrons. The second-order valence-electron chi connectivity index (χ2n) is 8.79. The van der Waals surface area contributed by atoms with Crippen molar-refractivity contribution in [3.8, 4) is 0 Å². The van der Waals surface area contributed by atoms with Crippen LogP contribution in [0, 0.1) is 5.92 Å². The molecule has 3 amide bonds. The van der Waals surface area contributed by atoms with Crippen molar-refractivity contribution in [1.29, 1.82) is 0 Å². The van der Waals surface area contributed by atoms with E-state index in [4.69, 9.17) is 0 Å². The number of fused-ring (bicyclic) bond motifs is 4. The fraction of sp³-hybridized carbons (Fsp3) is 0.571. The van der Waals surface area contributed by atoms with Crippen molar-refractivity contribution in [2.75, 3.05) is 18.4 Å². The highest BCUT2D eigenvalue weighted by Gasteiger charge is 2.36. The summed E-state index contributed by atoms with van der Waals surface area (Å²) in [4.78, 5) is 39.6. The Labute approximate surface area is 184 Å². The molecule has 0 aromatic carbocycles. The van der Waals surface area contributed by atoms with E-state index in [0.29, 0.717) is 24.6 Å². The predicted octanol–water partition coefficient (Wildman–Crippen LogP) is 2.41. The summed E-state index contributed by atoms with van der Waals surface area (Å²) >= 11 is 1.02. The number of carbonyl (C=O) groups excluding carboxylic acids is 2. The Morgan fingerprint density at radius 1 is 1.10 bits per heavy atom. The minimum absolute atomic E-state index is 0.0226. The summed E-state index contributed by atoms with van der Waals surface area (Å²) in [7, 11) is 0. The first-order chi connectivity index (χ1) is 15.1. The van der Waals surface area contributed by atoms with Crippen LogP contribution in [-0.4, -0.2) is 50.1 Å². The van der Waals surface area contributed by atoms with Crippen molar-refractivity contribution in [3.63, 3.8) is 0 Å². The van der Waals surface area contributed by atoms with E-state index >= 15 is 0 Å². The van der Waals surface area contributed by atoms with E-state index in [1.54, 1.807) is 17.0 Å². The van der Waals surface area contributed by atoms with Crippen molar-refractivity contribution >= 4 is 28.5 Å². The van der Waals surface area contributed by atoms with Crippen LogP contribution in [0.5, 0.6) is 0 Å². The summed E-state index contributed by atoms with van der Waals surface area (Å²) in [5, 5.41) is 10.2. The van der Waals surface area contributed by atoms with Crippen LogP contribution in [0.3, 0.4) is 0 Å². The summed E-state index contributed by atoms with van der Waals surface area (Å²) in [6, 6.07) is 5.26. The van der Waals surface area contributed by atoms with Crippen molar-refractivity contribution in [3.05, 3.63) is 39.9 Å². The molecular formula is C21H26N6O3S. The lowest BCUT2D eigenvalue weighted by Crippen LogP contribution is -2.50. The topological polar surface area (TPSA) is 109 Å². The van der Waals surface area contributed by atoms with Crippen LogP contribution < -0.4 is 16.2 Å². The zero-order valence-electron chi connectivity index (χ0n) is 17.2.